The second-order valence-electron chi connectivity index (χ2n) is 2.04. The highest BCUT2D eigenvalue weighted by molar-refractivity contribution is 6.33. The van der Waals surface area contributed by atoms with E-state index < -0.39 is 11.8 Å². The Labute approximate surface area is 77.9 Å². The fourth-order valence-corrected chi connectivity index (χ4v) is 0.576. The summed E-state index contributed by atoms with van der Waals surface area (Å²) in [6, 6.07) is 0. The summed E-state index contributed by atoms with van der Waals surface area (Å²) in [6.07, 6.45) is 0.729. The van der Waals surface area contributed by atoms with Crippen molar-refractivity contribution in [2.45, 2.75) is 19.8 Å². The van der Waals surface area contributed by atoms with Gasteiger partial charge in [0, 0.05) is 6.42 Å². The zero-order valence-electron chi connectivity index (χ0n) is 7.04. The largest absolute Gasteiger partial charge is 0.460 e. The normalized spacial score (nSPS) is 8.50. The van der Waals surface area contributed by atoms with Crippen LogP contribution in [0.15, 0.2) is 0 Å². The van der Waals surface area contributed by atoms with E-state index in [0.29, 0.717) is 13.0 Å². The van der Waals surface area contributed by atoms with Gasteiger partial charge < -0.3 is 10.5 Å². The van der Waals surface area contributed by atoms with Crippen LogP contribution in [0.4, 0.5) is 0 Å². The van der Waals surface area contributed by atoms with Crippen molar-refractivity contribution in [3.8, 4) is 0 Å². The van der Waals surface area contributed by atoms with Gasteiger partial charge in [0.2, 0.25) is 5.78 Å². The molecular weight excluding hydrogens is 182 g/mol. The fraction of sp³-hybridized carbons (Fsp3) is 0.714. The molecule has 0 aliphatic carbocycles. The second kappa shape index (κ2) is 8.49. The Morgan fingerprint density at radius 1 is 1.42 bits per heavy atom. The number of hydrogen-bond donors (Lipinski definition) is 1. The zero-order valence-corrected chi connectivity index (χ0v) is 7.86. The van der Waals surface area contributed by atoms with Crippen LogP contribution in [-0.4, -0.2) is 24.9 Å². The lowest BCUT2D eigenvalue weighted by Crippen LogP contribution is -2.18. The summed E-state index contributed by atoms with van der Waals surface area (Å²) in [4.78, 5) is 21.4. The average molecular weight is 196 g/mol. The first-order valence-electron chi connectivity index (χ1n) is 3.62. The molecule has 0 radical (unpaired) electrons. The third-order valence-electron chi connectivity index (χ3n) is 1.11. The summed E-state index contributed by atoms with van der Waals surface area (Å²) in [6.45, 7) is 2.33. The van der Waals surface area contributed by atoms with Gasteiger partial charge in [0.15, 0.2) is 0 Å². The highest BCUT2D eigenvalue weighted by Crippen LogP contribution is 1.91. The van der Waals surface area contributed by atoms with Crippen LogP contribution in [0.25, 0.3) is 0 Å². The Hall–Kier alpha value is -0.610. The number of Topliss-reactive ketones (excluding diaryl/α,β-unsaturated/α-hetero) is 1. The van der Waals surface area contributed by atoms with Crippen molar-refractivity contribution in [2.24, 2.45) is 5.73 Å². The maximum absolute atomic E-state index is 10.8. The Morgan fingerprint density at radius 2 is 2.00 bits per heavy atom. The molecule has 0 aromatic carbocycles. The van der Waals surface area contributed by atoms with Gasteiger partial charge in [0.05, 0.1) is 6.61 Å². The molecule has 2 N–H and O–H groups in total. The van der Waals surface area contributed by atoms with E-state index in [9.17, 15) is 9.59 Å². The van der Waals surface area contributed by atoms with Crippen molar-refractivity contribution in [3.63, 3.8) is 0 Å². The Balaban J connectivity index is 0. The first kappa shape index (κ1) is 13.9. The van der Waals surface area contributed by atoms with E-state index in [4.69, 9.17) is 5.73 Å². The molecule has 0 saturated carbocycles. The van der Waals surface area contributed by atoms with Gasteiger partial charge in [-0.05, 0) is 19.9 Å². The number of esters is 1. The highest BCUT2D eigenvalue weighted by Gasteiger charge is 2.12. The maximum atomic E-state index is 10.8. The van der Waals surface area contributed by atoms with Crippen LogP contribution in [-0.2, 0) is 14.3 Å². The van der Waals surface area contributed by atoms with Gasteiger partial charge in [0.25, 0.3) is 0 Å². The number of rotatable bonds is 5. The highest BCUT2D eigenvalue weighted by atomic mass is 35.5. The number of ketones is 1. The third-order valence-corrected chi connectivity index (χ3v) is 1.11. The monoisotopic (exact) mass is 195 g/mol. The number of ether oxygens (including phenoxy) is 1. The SMILES string of the molecule is CCOC(=O)C(=O)CCCN.Cl. The molecule has 0 aliphatic rings. The Kier molecular flexibility index (Phi) is 9.86. The molecule has 0 rings (SSSR count). The van der Waals surface area contributed by atoms with Crippen LogP contribution < -0.4 is 5.73 Å². The number of carbonyl (C=O) groups is 2. The molecule has 12 heavy (non-hydrogen) atoms. The van der Waals surface area contributed by atoms with Crippen molar-refractivity contribution in [2.75, 3.05) is 13.2 Å². The summed E-state index contributed by atoms with van der Waals surface area (Å²) in [5.74, 6) is -1.24. The lowest BCUT2D eigenvalue weighted by atomic mass is 10.2. The summed E-state index contributed by atoms with van der Waals surface area (Å²) >= 11 is 0. The topological polar surface area (TPSA) is 69.4 Å². The molecule has 0 aliphatic heterocycles. The van der Waals surface area contributed by atoms with Crippen LogP contribution >= 0.6 is 12.4 Å². The number of halogens is 1. The first-order chi connectivity index (χ1) is 5.22. The quantitative estimate of drug-likeness (QED) is 0.506. The predicted octanol–water partition coefficient (Wildman–Crippen LogP) is 0.279. The predicted molar refractivity (Wildman–Crippen MR) is 47.2 cm³/mol. The molecule has 0 unspecified atom stereocenters. The van der Waals surface area contributed by atoms with Crippen LogP contribution in [0.5, 0.6) is 0 Å². The number of carbonyl (C=O) groups excluding carboxylic acids is 2. The second-order valence-corrected chi connectivity index (χ2v) is 2.04. The molecule has 0 heterocycles. The van der Waals surface area contributed by atoms with Crippen LogP contribution in [0.1, 0.15) is 19.8 Å². The molecule has 0 aromatic heterocycles. The van der Waals surface area contributed by atoms with Crippen LogP contribution in [0.2, 0.25) is 0 Å². The van der Waals surface area contributed by atoms with E-state index >= 15 is 0 Å². The van der Waals surface area contributed by atoms with Crippen LogP contribution in [0.3, 0.4) is 0 Å². The molecule has 4 nitrogen and oxygen atoms in total. The standard InChI is InChI=1S/C7H13NO3.ClH/c1-2-11-7(10)6(9)4-3-5-8;/h2-5,8H2,1H3;1H. The molecule has 0 spiro atoms. The Morgan fingerprint density at radius 3 is 2.42 bits per heavy atom. The van der Waals surface area contributed by atoms with Gasteiger partial charge in [0.1, 0.15) is 0 Å². The van der Waals surface area contributed by atoms with Crippen molar-refractivity contribution < 1.29 is 14.3 Å². The Bertz CT molecular complexity index is 150. The summed E-state index contributed by atoms with van der Waals surface area (Å²) in [7, 11) is 0. The minimum Gasteiger partial charge on any atom is -0.460 e. The number of hydrogen-bond acceptors (Lipinski definition) is 4. The molecule has 72 valence electrons. The summed E-state index contributed by atoms with van der Waals surface area (Å²) < 4.78 is 4.47. The van der Waals surface area contributed by atoms with E-state index in [1.165, 1.54) is 0 Å². The summed E-state index contributed by atoms with van der Waals surface area (Å²) in [5, 5.41) is 0. The van der Waals surface area contributed by atoms with Crippen LogP contribution in [0, 0.1) is 0 Å². The van der Waals surface area contributed by atoms with Crippen molar-refractivity contribution in [1.29, 1.82) is 0 Å². The number of nitrogens with two attached hydrogens (primary N) is 1. The van der Waals surface area contributed by atoms with Crippen molar-refractivity contribution in [3.05, 3.63) is 0 Å². The molecule has 0 fully saturated rings. The van der Waals surface area contributed by atoms with Gasteiger partial charge in [-0.3, -0.25) is 4.79 Å². The van der Waals surface area contributed by atoms with Gasteiger partial charge in [-0.2, -0.15) is 0 Å². The van der Waals surface area contributed by atoms with E-state index in [-0.39, 0.29) is 25.4 Å². The van der Waals surface area contributed by atoms with Gasteiger partial charge >= 0.3 is 5.97 Å². The van der Waals surface area contributed by atoms with E-state index in [2.05, 4.69) is 4.74 Å². The minimum atomic E-state index is -0.749. The van der Waals surface area contributed by atoms with Crippen molar-refractivity contribution >= 4 is 24.2 Å². The molecule has 0 bridgehead atoms. The zero-order chi connectivity index (χ0) is 8.69. The maximum Gasteiger partial charge on any atom is 0.374 e. The van der Waals surface area contributed by atoms with Gasteiger partial charge in [-0.1, -0.05) is 0 Å². The van der Waals surface area contributed by atoms with E-state index in [0.717, 1.165) is 0 Å². The molecule has 0 amide bonds. The molecule has 0 saturated heterocycles. The summed E-state index contributed by atoms with van der Waals surface area (Å²) in [5.41, 5.74) is 5.15. The third kappa shape index (κ3) is 6.12. The molecule has 0 atom stereocenters. The molecular formula is C7H14ClNO3. The lowest BCUT2D eigenvalue weighted by Gasteiger charge is -1.98. The minimum absolute atomic E-state index is 0. The first-order valence-corrected chi connectivity index (χ1v) is 3.62. The van der Waals surface area contributed by atoms with Gasteiger partial charge in [-0.15, -0.1) is 12.4 Å². The molecule has 0 aromatic rings. The molecule has 5 heteroatoms. The lowest BCUT2D eigenvalue weighted by molar-refractivity contribution is -0.153. The smallest absolute Gasteiger partial charge is 0.374 e. The van der Waals surface area contributed by atoms with E-state index in [1.54, 1.807) is 6.92 Å². The fourth-order valence-electron chi connectivity index (χ4n) is 0.576. The average Bonchev–Trinajstić information content (AvgIpc) is 2.00. The van der Waals surface area contributed by atoms with Crippen molar-refractivity contribution in [1.82, 2.24) is 0 Å². The van der Waals surface area contributed by atoms with Gasteiger partial charge in [-0.25, -0.2) is 4.79 Å². The van der Waals surface area contributed by atoms with E-state index in [1.807, 2.05) is 0 Å².